The standard InChI is InChI=1S/C13H20BrNO2/c1-4-13(2,9-16)8-15-10-5-6-12(17-3)11(14)7-10/h5-7,15-16H,4,8-9H2,1-3H3. The molecule has 96 valence electrons. The van der Waals surface area contributed by atoms with Gasteiger partial charge >= 0.3 is 0 Å². The number of methoxy groups -OCH3 is 1. The quantitative estimate of drug-likeness (QED) is 0.847. The van der Waals surface area contributed by atoms with Crippen LogP contribution in [0.15, 0.2) is 22.7 Å². The topological polar surface area (TPSA) is 41.5 Å². The van der Waals surface area contributed by atoms with Gasteiger partial charge in [0, 0.05) is 17.6 Å². The molecule has 4 heteroatoms. The number of benzene rings is 1. The van der Waals surface area contributed by atoms with Gasteiger partial charge in [0.05, 0.1) is 18.2 Å². The maximum Gasteiger partial charge on any atom is 0.133 e. The summed E-state index contributed by atoms with van der Waals surface area (Å²) in [6.07, 6.45) is 0.938. The van der Waals surface area contributed by atoms with E-state index in [4.69, 9.17) is 4.74 Å². The average molecular weight is 302 g/mol. The first-order valence-corrected chi connectivity index (χ1v) is 6.52. The van der Waals surface area contributed by atoms with Gasteiger partial charge < -0.3 is 15.2 Å². The lowest BCUT2D eigenvalue weighted by Crippen LogP contribution is -2.29. The Morgan fingerprint density at radius 1 is 1.47 bits per heavy atom. The summed E-state index contributed by atoms with van der Waals surface area (Å²) in [4.78, 5) is 0. The fourth-order valence-electron chi connectivity index (χ4n) is 1.38. The van der Waals surface area contributed by atoms with Crippen LogP contribution in [0.4, 0.5) is 5.69 Å². The lowest BCUT2D eigenvalue weighted by Gasteiger charge is -2.26. The number of halogens is 1. The summed E-state index contributed by atoms with van der Waals surface area (Å²) in [7, 11) is 1.65. The Morgan fingerprint density at radius 3 is 2.65 bits per heavy atom. The number of nitrogens with one attached hydrogen (secondary N) is 1. The van der Waals surface area contributed by atoms with E-state index in [0.717, 1.165) is 28.9 Å². The molecule has 1 aromatic carbocycles. The molecular weight excluding hydrogens is 282 g/mol. The van der Waals surface area contributed by atoms with Crippen LogP contribution in [0.25, 0.3) is 0 Å². The molecule has 0 bridgehead atoms. The van der Waals surface area contributed by atoms with Crippen LogP contribution in [0.2, 0.25) is 0 Å². The molecule has 1 atom stereocenters. The van der Waals surface area contributed by atoms with Gasteiger partial charge in [-0.15, -0.1) is 0 Å². The summed E-state index contributed by atoms with van der Waals surface area (Å²) in [5.74, 6) is 0.816. The highest BCUT2D eigenvalue weighted by atomic mass is 79.9. The van der Waals surface area contributed by atoms with Crippen molar-refractivity contribution in [1.29, 1.82) is 0 Å². The van der Waals surface area contributed by atoms with E-state index >= 15 is 0 Å². The van der Waals surface area contributed by atoms with Crippen LogP contribution in [-0.2, 0) is 0 Å². The van der Waals surface area contributed by atoms with Gasteiger partial charge in [0.15, 0.2) is 0 Å². The van der Waals surface area contributed by atoms with Crippen molar-refractivity contribution in [2.45, 2.75) is 20.3 Å². The number of hydrogen-bond acceptors (Lipinski definition) is 3. The SMILES string of the molecule is CCC(C)(CO)CNc1ccc(OC)c(Br)c1. The maximum atomic E-state index is 9.33. The average Bonchev–Trinajstić information content (AvgIpc) is 2.36. The molecule has 0 saturated heterocycles. The van der Waals surface area contributed by atoms with Crippen LogP contribution in [0.3, 0.4) is 0 Å². The normalized spacial score (nSPS) is 14.2. The molecule has 0 aliphatic rings. The van der Waals surface area contributed by atoms with Crippen LogP contribution in [-0.4, -0.2) is 25.4 Å². The van der Waals surface area contributed by atoms with E-state index in [-0.39, 0.29) is 12.0 Å². The van der Waals surface area contributed by atoms with Crippen LogP contribution in [0, 0.1) is 5.41 Å². The number of hydrogen-bond donors (Lipinski definition) is 2. The largest absolute Gasteiger partial charge is 0.496 e. The Labute approximate surface area is 111 Å². The summed E-state index contributed by atoms with van der Waals surface area (Å²) < 4.78 is 6.10. The van der Waals surface area contributed by atoms with E-state index in [1.54, 1.807) is 7.11 Å². The molecule has 0 amide bonds. The molecular formula is C13H20BrNO2. The molecule has 0 radical (unpaired) electrons. The number of ether oxygens (including phenoxy) is 1. The van der Waals surface area contributed by atoms with Crippen LogP contribution < -0.4 is 10.1 Å². The molecule has 17 heavy (non-hydrogen) atoms. The molecule has 0 aromatic heterocycles. The Balaban J connectivity index is 2.67. The molecule has 0 aliphatic carbocycles. The van der Waals surface area contributed by atoms with E-state index in [1.165, 1.54) is 0 Å². The first-order valence-electron chi connectivity index (χ1n) is 5.73. The van der Waals surface area contributed by atoms with Gasteiger partial charge in [-0.25, -0.2) is 0 Å². The van der Waals surface area contributed by atoms with E-state index in [2.05, 4.69) is 35.1 Å². The van der Waals surface area contributed by atoms with E-state index in [1.807, 2.05) is 18.2 Å². The predicted octanol–water partition coefficient (Wildman–Crippen LogP) is 3.28. The molecule has 2 N–H and O–H groups in total. The first-order chi connectivity index (χ1) is 8.04. The minimum Gasteiger partial charge on any atom is -0.496 e. The lowest BCUT2D eigenvalue weighted by atomic mass is 9.88. The summed E-state index contributed by atoms with van der Waals surface area (Å²) in [6.45, 7) is 5.09. The Morgan fingerprint density at radius 2 is 2.18 bits per heavy atom. The number of anilines is 1. The van der Waals surface area contributed by atoms with Gasteiger partial charge in [-0.1, -0.05) is 13.8 Å². The van der Waals surface area contributed by atoms with Crippen molar-refractivity contribution in [3.8, 4) is 5.75 Å². The number of aliphatic hydroxyl groups excluding tert-OH is 1. The van der Waals surface area contributed by atoms with Gasteiger partial charge in [-0.2, -0.15) is 0 Å². The smallest absolute Gasteiger partial charge is 0.133 e. The molecule has 1 rings (SSSR count). The monoisotopic (exact) mass is 301 g/mol. The molecule has 0 aliphatic heterocycles. The maximum absolute atomic E-state index is 9.33. The minimum absolute atomic E-state index is 0.0770. The Kier molecular flexibility index (Phi) is 5.28. The summed E-state index contributed by atoms with van der Waals surface area (Å²) >= 11 is 3.45. The van der Waals surface area contributed by atoms with Gasteiger partial charge in [-0.05, 0) is 40.5 Å². The van der Waals surface area contributed by atoms with Crippen molar-refractivity contribution in [2.24, 2.45) is 5.41 Å². The van der Waals surface area contributed by atoms with Crippen molar-refractivity contribution in [2.75, 3.05) is 25.6 Å². The highest BCUT2D eigenvalue weighted by Crippen LogP contribution is 2.28. The molecule has 0 spiro atoms. The summed E-state index contributed by atoms with van der Waals surface area (Å²) in [5.41, 5.74) is 0.942. The van der Waals surface area contributed by atoms with Crippen LogP contribution in [0.1, 0.15) is 20.3 Å². The fraction of sp³-hybridized carbons (Fsp3) is 0.538. The van der Waals surface area contributed by atoms with Crippen molar-refractivity contribution in [1.82, 2.24) is 0 Å². The molecule has 0 heterocycles. The molecule has 0 fully saturated rings. The fourth-order valence-corrected chi connectivity index (χ4v) is 1.93. The van der Waals surface area contributed by atoms with Crippen LogP contribution >= 0.6 is 15.9 Å². The Hall–Kier alpha value is -0.740. The van der Waals surface area contributed by atoms with E-state index in [9.17, 15) is 5.11 Å². The zero-order chi connectivity index (χ0) is 12.9. The predicted molar refractivity (Wildman–Crippen MR) is 74.7 cm³/mol. The third-order valence-electron chi connectivity index (χ3n) is 3.11. The van der Waals surface area contributed by atoms with Crippen LogP contribution in [0.5, 0.6) is 5.75 Å². The van der Waals surface area contributed by atoms with Crippen molar-refractivity contribution in [3.05, 3.63) is 22.7 Å². The third kappa shape index (κ3) is 3.89. The molecule has 1 aromatic rings. The second kappa shape index (κ2) is 6.26. The number of rotatable bonds is 6. The van der Waals surface area contributed by atoms with Crippen molar-refractivity contribution >= 4 is 21.6 Å². The van der Waals surface area contributed by atoms with Gasteiger partial charge in [0.1, 0.15) is 5.75 Å². The highest BCUT2D eigenvalue weighted by Gasteiger charge is 2.20. The number of aliphatic hydroxyl groups is 1. The van der Waals surface area contributed by atoms with Crippen molar-refractivity contribution < 1.29 is 9.84 Å². The second-order valence-corrected chi connectivity index (χ2v) is 5.38. The molecule has 0 saturated carbocycles. The zero-order valence-electron chi connectivity index (χ0n) is 10.6. The zero-order valence-corrected chi connectivity index (χ0v) is 12.2. The van der Waals surface area contributed by atoms with Crippen molar-refractivity contribution in [3.63, 3.8) is 0 Å². The lowest BCUT2D eigenvalue weighted by molar-refractivity contribution is 0.149. The minimum atomic E-state index is -0.0770. The Bertz CT molecular complexity index is 364. The summed E-state index contributed by atoms with van der Waals surface area (Å²) in [6, 6.07) is 5.86. The molecule has 1 unspecified atom stereocenters. The second-order valence-electron chi connectivity index (χ2n) is 4.53. The third-order valence-corrected chi connectivity index (χ3v) is 3.73. The first kappa shape index (κ1) is 14.3. The van der Waals surface area contributed by atoms with Gasteiger partial charge in [0.2, 0.25) is 0 Å². The van der Waals surface area contributed by atoms with Gasteiger partial charge in [0.25, 0.3) is 0 Å². The highest BCUT2D eigenvalue weighted by molar-refractivity contribution is 9.10. The van der Waals surface area contributed by atoms with E-state index in [0.29, 0.717) is 0 Å². The summed E-state index contributed by atoms with van der Waals surface area (Å²) in [5, 5.41) is 12.7. The van der Waals surface area contributed by atoms with E-state index < -0.39 is 0 Å². The van der Waals surface area contributed by atoms with Gasteiger partial charge in [-0.3, -0.25) is 0 Å². The molecule has 3 nitrogen and oxygen atoms in total.